The van der Waals surface area contributed by atoms with E-state index in [-0.39, 0.29) is 0 Å². The summed E-state index contributed by atoms with van der Waals surface area (Å²) in [5.41, 5.74) is 4.19. The van der Waals surface area contributed by atoms with Gasteiger partial charge in [-0.25, -0.2) is 4.98 Å². The van der Waals surface area contributed by atoms with Crippen LogP contribution in [-0.4, -0.2) is 9.97 Å². The first-order valence-corrected chi connectivity index (χ1v) is 7.83. The van der Waals surface area contributed by atoms with Gasteiger partial charge in [-0.15, -0.1) is 0 Å². The van der Waals surface area contributed by atoms with Crippen LogP contribution in [0.25, 0.3) is 10.9 Å². The summed E-state index contributed by atoms with van der Waals surface area (Å²) in [7, 11) is 0. The van der Waals surface area contributed by atoms with Gasteiger partial charge in [0, 0.05) is 16.6 Å². The van der Waals surface area contributed by atoms with E-state index >= 15 is 0 Å². The van der Waals surface area contributed by atoms with E-state index in [1.807, 2.05) is 18.2 Å². The van der Waals surface area contributed by atoms with Gasteiger partial charge in [0.1, 0.15) is 11.1 Å². The van der Waals surface area contributed by atoms with Crippen molar-refractivity contribution in [1.29, 1.82) is 5.26 Å². The highest BCUT2D eigenvalue weighted by Crippen LogP contribution is 2.33. The minimum Gasteiger partial charge on any atom is -0.349 e. The van der Waals surface area contributed by atoms with Crippen LogP contribution in [-0.2, 0) is 12.8 Å². The topological polar surface area (TPSA) is 52.5 Å². The molecule has 2 heterocycles. The fraction of sp³-hybridized carbons (Fsp3) is 0.176. The fourth-order valence-electron chi connectivity index (χ4n) is 2.82. The summed E-state index contributed by atoms with van der Waals surface area (Å²) in [6.07, 6.45) is 3.23. The maximum Gasteiger partial charge on any atom is 0.120 e. The zero-order valence-electron chi connectivity index (χ0n) is 11.4. The van der Waals surface area contributed by atoms with Crippen molar-refractivity contribution in [3.8, 4) is 6.07 Å². The number of nitriles is 1. The van der Waals surface area contributed by atoms with Crippen LogP contribution in [0.2, 0.25) is 0 Å². The van der Waals surface area contributed by atoms with E-state index < -0.39 is 0 Å². The summed E-state index contributed by atoms with van der Waals surface area (Å²) < 4.78 is 0. The Kier molecular flexibility index (Phi) is 2.94. The number of nitrogens with one attached hydrogen (secondary N) is 1. The van der Waals surface area contributed by atoms with Gasteiger partial charge in [-0.3, -0.25) is 0 Å². The van der Waals surface area contributed by atoms with Crippen LogP contribution in [0.15, 0.2) is 46.5 Å². The normalized spacial score (nSPS) is 13.3. The standard InChI is InChI=1S/C17H13N3S/c18-10-13-8-11-5-3-7-15(11)20-17(13)21-16-9-12-4-1-2-6-14(12)19-16/h1-2,4,6,8-9,19H,3,5,7H2. The van der Waals surface area contributed by atoms with Crippen LogP contribution in [0.4, 0.5) is 0 Å². The molecule has 0 fully saturated rings. The molecule has 21 heavy (non-hydrogen) atoms. The summed E-state index contributed by atoms with van der Waals surface area (Å²) in [4.78, 5) is 8.09. The number of nitrogens with zero attached hydrogens (tertiary/aromatic N) is 2. The number of benzene rings is 1. The lowest BCUT2D eigenvalue weighted by Crippen LogP contribution is -1.94. The van der Waals surface area contributed by atoms with E-state index in [0.29, 0.717) is 5.56 Å². The lowest BCUT2D eigenvalue weighted by Gasteiger charge is -2.05. The number of aryl methyl sites for hydroxylation is 2. The van der Waals surface area contributed by atoms with Gasteiger partial charge in [-0.2, -0.15) is 5.26 Å². The van der Waals surface area contributed by atoms with E-state index in [1.165, 1.54) is 10.9 Å². The van der Waals surface area contributed by atoms with Crippen molar-refractivity contribution < 1.29 is 0 Å². The van der Waals surface area contributed by atoms with Crippen molar-refractivity contribution in [2.24, 2.45) is 0 Å². The molecule has 3 aromatic rings. The SMILES string of the molecule is N#Cc1cc2c(nc1Sc1cc3ccccc3[nH]1)CCC2. The first-order valence-electron chi connectivity index (χ1n) is 7.02. The van der Waals surface area contributed by atoms with Crippen LogP contribution in [0.1, 0.15) is 23.2 Å². The Labute approximate surface area is 127 Å². The number of aromatic amines is 1. The number of H-pyrrole nitrogens is 1. The first-order chi connectivity index (χ1) is 10.3. The van der Waals surface area contributed by atoms with E-state index in [0.717, 1.165) is 40.5 Å². The highest BCUT2D eigenvalue weighted by molar-refractivity contribution is 7.99. The number of hydrogen-bond acceptors (Lipinski definition) is 3. The lowest BCUT2D eigenvalue weighted by molar-refractivity contribution is 0.891. The number of rotatable bonds is 2. The maximum absolute atomic E-state index is 9.35. The summed E-state index contributed by atoms with van der Waals surface area (Å²) in [5.74, 6) is 0. The second kappa shape index (κ2) is 4.94. The third kappa shape index (κ3) is 2.20. The van der Waals surface area contributed by atoms with Gasteiger partial charge in [0.15, 0.2) is 0 Å². The summed E-state index contributed by atoms with van der Waals surface area (Å²) in [5, 5.41) is 12.4. The Hall–Kier alpha value is -2.25. The van der Waals surface area contributed by atoms with Crippen molar-refractivity contribution in [3.05, 3.63) is 53.2 Å². The van der Waals surface area contributed by atoms with Crippen LogP contribution in [0.3, 0.4) is 0 Å². The Balaban J connectivity index is 1.75. The molecule has 1 N–H and O–H groups in total. The number of pyridine rings is 1. The molecule has 102 valence electrons. The van der Waals surface area contributed by atoms with Crippen LogP contribution >= 0.6 is 11.8 Å². The number of aromatic nitrogens is 2. The molecular formula is C17H13N3S. The van der Waals surface area contributed by atoms with Crippen LogP contribution < -0.4 is 0 Å². The second-order valence-corrected chi connectivity index (χ2v) is 6.27. The molecule has 1 aliphatic carbocycles. The Morgan fingerprint density at radius 1 is 1.19 bits per heavy atom. The Morgan fingerprint density at radius 3 is 2.95 bits per heavy atom. The molecule has 0 bridgehead atoms. The molecule has 0 unspecified atom stereocenters. The monoisotopic (exact) mass is 291 g/mol. The zero-order chi connectivity index (χ0) is 14.2. The molecule has 3 nitrogen and oxygen atoms in total. The summed E-state index contributed by atoms with van der Waals surface area (Å²) in [6, 6.07) is 14.6. The average molecular weight is 291 g/mol. The minimum absolute atomic E-state index is 0.680. The second-order valence-electron chi connectivity index (χ2n) is 5.24. The van der Waals surface area contributed by atoms with Gasteiger partial charge in [0.05, 0.1) is 10.6 Å². The predicted molar refractivity (Wildman–Crippen MR) is 83.4 cm³/mol. The molecule has 0 radical (unpaired) electrons. The molecule has 4 heteroatoms. The van der Waals surface area contributed by atoms with Crippen molar-refractivity contribution in [2.75, 3.05) is 0 Å². The van der Waals surface area contributed by atoms with E-state index in [2.05, 4.69) is 29.3 Å². The molecular weight excluding hydrogens is 278 g/mol. The molecule has 2 aromatic heterocycles. The average Bonchev–Trinajstić information content (AvgIpc) is 3.11. The van der Waals surface area contributed by atoms with Crippen LogP contribution in [0.5, 0.6) is 0 Å². The first kappa shape index (κ1) is 12.5. The number of fused-ring (bicyclic) bond motifs is 2. The van der Waals surface area contributed by atoms with Crippen LogP contribution in [0, 0.1) is 11.3 Å². The molecule has 0 amide bonds. The predicted octanol–water partition coefficient (Wildman–Crippen LogP) is 4.07. The van der Waals surface area contributed by atoms with Gasteiger partial charge in [-0.05, 0) is 43.0 Å². The quantitative estimate of drug-likeness (QED) is 0.774. The van der Waals surface area contributed by atoms with Crippen molar-refractivity contribution in [2.45, 2.75) is 29.3 Å². The largest absolute Gasteiger partial charge is 0.349 e. The number of hydrogen-bond donors (Lipinski definition) is 1. The van der Waals surface area contributed by atoms with Gasteiger partial charge < -0.3 is 4.98 Å². The van der Waals surface area contributed by atoms with E-state index in [9.17, 15) is 5.26 Å². The van der Waals surface area contributed by atoms with Gasteiger partial charge in [-0.1, -0.05) is 30.0 Å². The van der Waals surface area contributed by atoms with E-state index in [1.54, 1.807) is 11.8 Å². The highest BCUT2D eigenvalue weighted by atomic mass is 32.2. The molecule has 0 saturated carbocycles. The third-order valence-corrected chi connectivity index (χ3v) is 4.79. The maximum atomic E-state index is 9.35. The van der Waals surface area contributed by atoms with Gasteiger partial charge in [0.2, 0.25) is 0 Å². The minimum atomic E-state index is 0.680. The smallest absolute Gasteiger partial charge is 0.120 e. The Morgan fingerprint density at radius 2 is 2.10 bits per heavy atom. The van der Waals surface area contributed by atoms with Crippen molar-refractivity contribution >= 4 is 22.7 Å². The van der Waals surface area contributed by atoms with E-state index in [4.69, 9.17) is 4.98 Å². The van der Waals surface area contributed by atoms with Crippen molar-refractivity contribution in [1.82, 2.24) is 9.97 Å². The van der Waals surface area contributed by atoms with Gasteiger partial charge >= 0.3 is 0 Å². The van der Waals surface area contributed by atoms with Gasteiger partial charge in [0.25, 0.3) is 0 Å². The molecule has 0 spiro atoms. The molecule has 0 aliphatic heterocycles. The fourth-order valence-corrected chi connectivity index (χ4v) is 3.74. The molecule has 4 rings (SSSR count). The number of para-hydroxylation sites is 1. The molecule has 1 aromatic carbocycles. The highest BCUT2D eigenvalue weighted by Gasteiger charge is 2.17. The Bertz CT molecular complexity index is 840. The molecule has 0 saturated heterocycles. The zero-order valence-corrected chi connectivity index (χ0v) is 12.2. The molecule has 0 atom stereocenters. The summed E-state index contributed by atoms with van der Waals surface area (Å²) >= 11 is 1.54. The lowest BCUT2D eigenvalue weighted by atomic mass is 10.2. The third-order valence-electron chi connectivity index (χ3n) is 3.85. The molecule has 1 aliphatic rings. The summed E-state index contributed by atoms with van der Waals surface area (Å²) in [6.45, 7) is 0. The van der Waals surface area contributed by atoms with Crippen molar-refractivity contribution in [3.63, 3.8) is 0 Å².